The summed E-state index contributed by atoms with van der Waals surface area (Å²) in [5, 5.41) is 8.52. The topological polar surface area (TPSA) is 93.7 Å². The van der Waals surface area contributed by atoms with Gasteiger partial charge < -0.3 is 5.32 Å². The summed E-state index contributed by atoms with van der Waals surface area (Å²) in [7, 11) is 1.90. The zero-order valence-electron chi connectivity index (χ0n) is 11.9. The number of fused-ring (bicyclic) bond motifs is 1. The molecule has 0 unspecified atom stereocenters. The van der Waals surface area contributed by atoms with Crippen molar-refractivity contribution in [2.75, 3.05) is 10.7 Å². The highest BCUT2D eigenvalue weighted by Gasteiger charge is 2.11. The first-order valence-electron chi connectivity index (χ1n) is 6.68. The number of nitrogens with one attached hydrogen (secondary N) is 2. The lowest BCUT2D eigenvalue weighted by Crippen LogP contribution is -2.12. The van der Waals surface area contributed by atoms with Crippen LogP contribution in [-0.4, -0.2) is 19.7 Å². The van der Waals surface area contributed by atoms with Crippen LogP contribution in [0, 0.1) is 0 Å². The molecule has 0 saturated carbocycles. The van der Waals surface area contributed by atoms with Crippen LogP contribution in [0.5, 0.6) is 0 Å². The second-order valence-electron chi connectivity index (χ2n) is 4.70. The van der Waals surface area contributed by atoms with Crippen LogP contribution in [-0.2, 0) is 20.0 Å². The molecular weight excluding hydrogens is 286 g/mol. The quantitative estimate of drug-likeness (QED) is 0.492. The van der Waals surface area contributed by atoms with Crippen LogP contribution in [0.25, 0.3) is 10.2 Å². The van der Waals surface area contributed by atoms with Crippen molar-refractivity contribution in [3.8, 4) is 0 Å². The SMILES string of the molecule is CCc1cc2c(NCc3cnn(C)c3)nc(NN)nc2s1. The Hall–Kier alpha value is -2.19. The number of aromatic nitrogens is 4. The zero-order valence-corrected chi connectivity index (χ0v) is 12.7. The van der Waals surface area contributed by atoms with Crippen LogP contribution < -0.4 is 16.6 Å². The molecule has 0 aliphatic heterocycles. The highest BCUT2D eigenvalue weighted by atomic mass is 32.1. The molecule has 0 saturated heterocycles. The minimum atomic E-state index is 0.417. The smallest absolute Gasteiger partial charge is 0.240 e. The normalized spacial score (nSPS) is 11.0. The summed E-state index contributed by atoms with van der Waals surface area (Å²) in [6.45, 7) is 2.78. The van der Waals surface area contributed by atoms with Gasteiger partial charge in [0.15, 0.2) is 0 Å². The molecule has 0 aromatic carbocycles. The number of hydrogen-bond acceptors (Lipinski definition) is 7. The van der Waals surface area contributed by atoms with E-state index in [1.807, 2.05) is 19.4 Å². The van der Waals surface area contributed by atoms with Crippen LogP contribution in [0.15, 0.2) is 18.5 Å². The summed E-state index contributed by atoms with van der Waals surface area (Å²) >= 11 is 1.66. The van der Waals surface area contributed by atoms with Gasteiger partial charge in [-0.25, -0.2) is 10.8 Å². The van der Waals surface area contributed by atoms with Gasteiger partial charge >= 0.3 is 0 Å². The first kappa shape index (κ1) is 13.8. The molecule has 3 heterocycles. The van der Waals surface area contributed by atoms with Gasteiger partial charge in [-0.3, -0.25) is 10.1 Å². The number of aryl methyl sites for hydroxylation is 2. The summed E-state index contributed by atoms with van der Waals surface area (Å²) in [4.78, 5) is 11.0. The monoisotopic (exact) mass is 303 g/mol. The van der Waals surface area contributed by atoms with Gasteiger partial charge in [0.25, 0.3) is 0 Å². The third-order valence-corrected chi connectivity index (χ3v) is 4.31. The highest BCUT2D eigenvalue weighted by Crippen LogP contribution is 2.30. The predicted octanol–water partition coefficient (Wildman–Crippen LogP) is 1.88. The molecule has 3 rings (SSSR count). The van der Waals surface area contributed by atoms with E-state index in [0.717, 1.165) is 28.0 Å². The molecule has 0 radical (unpaired) electrons. The summed E-state index contributed by atoms with van der Waals surface area (Å²) in [5.74, 6) is 6.65. The van der Waals surface area contributed by atoms with Crippen molar-refractivity contribution in [2.24, 2.45) is 12.9 Å². The van der Waals surface area contributed by atoms with Crippen molar-refractivity contribution in [1.29, 1.82) is 0 Å². The number of hydrazine groups is 1. The molecule has 3 aromatic heterocycles. The molecule has 8 heteroatoms. The van der Waals surface area contributed by atoms with Gasteiger partial charge in [-0.15, -0.1) is 11.3 Å². The molecule has 0 atom stereocenters. The number of nitrogen functional groups attached to an aromatic ring is 1. The fraction of sp³-hybridized carbons (Fsp3) is 0.308. The van der Waals surface area contributed by atoms with Crippen LogP contribution in [0.3, 0.4) is 0 Å². The number of thiophene rings is 1. The highest BCUT2D eigenvalue weighted by molar-refractivity contribution is 7.18. The van der Waals surface area contributed by atoms with E-state index in [0.29, 0.717) is 12.5 Å². The van der Waals surface area contributed by atoms with E-state index in [1.165, 1.54) is 4.88 Å². The lowest BCUT2D eigenvalue weighted by molar-refractivity contribution is 0.767. The number of anilines is 2. The summed E-state index contributed by atoms with van der Waals surface area (Å²) in [6, 6.07) is 2.13. The van der Waals surface area contributed by atoms with Crippen molar-refractivity contribution in [3.63, 3.8) is 0 Å². The van der Waals surface area contributed by atoms with E-state index in [9.17, 15) is 0 Å². The molecule has 110 valence electrons. The molecule has 0 fully saturated rings. The van der Waals surface area contributed by atoms with Crippen LogP contribution in [0.4, 0.5) is 11.8 Å². The zero-order chi connectivity index (χ0) is 14.8. The summed E-state index contributed by atoms with van der Waals surface area (Å²) in [5.41, 5.74) is 3.61. The van der Waals surface area contributed by atoms with E-state index in [4.69, 9.17) is 5.84 Å². The fourth-order valence-corrected chi connectivity index (χ4v) is 3.06. The average molecular weight is 303 g/mol. The largest absolute Gasteiger partial charge is 0.365 e. The molecule has 21 heavy (non-hydrogen) atoms. The van der Waals surface area contributed by atoms with E-state index < -0.39 is 0 Å². The molecule has 0 aliphatic rings. The van der Waals surface area contributed by atoms with Crippen LogP contribution >= 0.6 is 11.3 Å². The Labute approximate surface area is 126 Å². The van der Waals surface area contributed by atoms with Crippen LogP contribution in [0.1, 0.15) is 17.4 Å². The molecule has 0 bridgehead atoms. The summed E-state index contributed by atoms with van der Waals surface area (Å²) < 4.78 is 1.78. The third kappa shape index (κ3) is 2.81. The maximum atomic E-state index is 5.45. The first-order chi connectivity index (χ1) is 10.2. The molecule has 0 amide bonds. The Bertz CT molecular complexity index is 761. The van der Waals surface area contributed by atoms with E-state index >= 15 is 0 Å². The van der Waals surface area contributed by atoms with Gasteiger partial charge in [0.2, 0.25) is 5.95 Å². The van der Waals surface area contributed by atoms with Crippen LogP contribution in [0.2, 0.25) is 0 Å². The minimum absolute atomic E-state index is 0.417. The Morgan fingerprint density at radius 2 is 2.24 bits per heavy atom. The van der Waals surface area contributed by atoms with Gasteiger partial charge in [0, 0.05) is 30.2 Å². The lowest BCUT2D eigenvalue weighted by Gasteiger charge is -2.07. The van der Waals surface area contributed by atoms with Crippen molar-refractivity contribution in [1.82, 2.24) is 19.7 Å². The predicted molar refractivity (Wildman–Crippen MR) is 85.1 cm³/mol. The van der Waals surface area contributed by atoms with Crippen molar-refractivity contribution in [3.05, 3.63) is 28.9 Å². The van der Waals surface area contributed by atoms with Crippen molar-refractivity contribution < 1.29 is 0 Å². The Morgan fingerprint density at radius 3 is 2.90 bits per heavy atom. The maximum absolute atomic E-state index is 5.45. The van der Waals surface area contributed by atoms with Crippen molar-refractivity contribution in [2.45, 2.75) is 19.9 Å². The standard InChI is InChI=1S/C13H17N7S/c1-3-9-4-10-11(15-5-8-6-16-20(2)7-8)17-13(19-14)18-12(10)21-9/h4,6-7H,3,5,14H2,1-2H3,(H2,15,17,18,19). The van der Waals surface area contributed by atoms with Gasteiger partial charge in [-0.05, 0) is 12.5 Å². The second kappa shape index (κ2) is 5.66. The van der Waals surface area contributed by atoms with E-state index in [2.05, 4.69) is 38.8 Å². The maximum Gasteiger partial charge on any atom is 0.240 e. The average Bonchev–Trinajstić information content (AvgIpc) is 3.10. The number of nitrogens with two attached hydrogens (primary N) is 1. The van der Waals surface area contributed by atoms with E-state index in [1.54, 1.807) is 16.0 Å². The molecular formula is C13H17N7S. The Kier molecular flexibility index (Phi) is 3.72. The molecule has 0 spiro atoms. The van der Waals surface area contributed by atoms with Gasteiger partial charge in [0.1, 0.15) is 10.6 Å². The lowest BCUT2D eigenvalue weighted by atomic mass is 10.3. The Balaban J connectivity index is 1.93. The first-order valence-corrected chi connectivity index (χ1v) is 7.49. The second-order valence-corrected chi connectivity index (χ2v) is 5.82. The number of nitrogens with zero attached hydrogens (tertiary/aromatic N) is 4. The minimum Gasteiger partial charge on any atom is -0.365 e. The third-order valence-electron chi connectivity index (χ3n) is 3.14. The molecule has 4 N–H and O–H groups in total. The van der Waals surface area contributed by atoms with E-state index in [-0.39, 0.29) is 0 Å². The molecule has 0 aliphatic carbocycles. The molecule has 3 aromatic rings. The van der Waals surface area contributed by atoms with Gasteiger partial charge in [-0.2, -0.15) is 10.1 Å². The fourth-order valence-electron chi connectivity index (χ4n) is 2.09. The van der Waals surface area contributed by atoms with Gasteiger partial charge in [-0.1, -0.05) is 6.92 Å². The Morgan fingerprint density at radius 1 is 1.38 bits per heavy atom. The van der Waals surface area contributed by atoms with Crippen molar-refractivity contribution >= 4 is 33.3 Å². The number of rotatable bonds is 5. The summed E-state index contributed by atoms with van der Waals surface area (Å²) in [6.07, 6.45) is 4.78. The van der Waals surface area contributed by atoms with Gasteiger partial charge in [0.05, 0.1) is 11.6 Å². The molecule has 7 nitrogen and oxygen atoms in total. The number of hydrogen-bond donors (Lipinski definition) is 3.